The number of hydrogen-bond donors (Lipinski definition) is 1. The first-order valence-corrected chi connectivity index (χ1v) is 6.16. The number of nitrogens with zero attached hydrogens (tertiary/aromatic N) is 2. The first-order chi connectivity index (χ1) is 8.16. The monoisotopic (exact) mass is 359 g/mol. The largest absolute Gasteiger partial charge is 0.290 e. The molecule has 0 aliphatic carbocycles. The highest BCUT2D eigenvalue weighted by Gasteiger charge is 2.08. The lowest BCUT2D eigenvalue weighted by Gasteiger charge is -2.04. The van der Waals surface area contributed by atoms with Gasteiger partial charge in [-0.05, 0) is 46.9 Å². The zero-order chi connectivity index (χ0) is 12.3. The first kappa shape index (κ1) is 12.3. The number of anilines is 1. The summed E-state index contributed by atoms with van der Waals surface area (Å²) in [4.78, 5) is 19.6. The molecule has 1 amide bonds. The van der Waals surface area contributed by atoms with Crippen LogP contribution in [-0.2, 0) is 0 Å². The SMILES string of the molecule is O=C(Nc1ncccn1)c1ccc(I)c(Cl)c1. The number of halogens is 2. The average molecular weight is 360 g/mol. The lowest BCUT2D eigenvalue weighted by atomic mass is 10.2. The second-order valence-electron chi connectivity index (χ2n) is 3.16. The molecule has 6 heteroatoms. The molecule has 17 heavy (non-hydrogen) atoms. The molecule has 1 N–H and O–H groups in total. The van der Waals surface area contributed by atoms with Crippen molar-refractivity contribution in [3.63, 3.8) is 0 Å². The van der Waals surface area contributed by atoms with E-state index in [2.05, 4.69) is 37.9 Å². The van der Waals surface area contributed by atoms with Gasteiger partial charge in [0.1, 0.15) is 0 Å². The van der Waals surface area contributed by atoms with Crippen molar-refractivity contribution < 1.29 is 4.79 Å². The van der Waals surface area contributed by atoms with Gasteiger partial charge in [-0.25, -0.2) is 9.97 Å². The minimum Gasteiger partial charge on any atom is -0.290 e. The van der Waals surface area contributed by atoms with Gasteiger partial charge in [0.25, 0.3) is 5.91 Å². The molecule has 0 saturated heterocycles. The van der Waals surface area contributed by atoms with E-state index >= 15 is 0 Å². The van der Waals surface area contributed by atoms with Crippen molar-refractivity contribution in [2.75, 3.05) is 5.32 Å². The Bertz CT molecular complexity index is 548. The molecule has 0 atom stereocenters. The average Bonchev–Trinajstić information content (AvgIpc) is 2.34. The summed E-state index contributed by atoms with van der Waals surface area (Å²) in [5, 5.41) is 3.13. The van der Waals surface area contributed by atoms with Crippen molar-refractivity contribution >= 4 is 46.0 Å². The van der Waals surface area contributed by atoms with Crippen LogP contribution in [0.1, 0.15) is 10.4 Å². The second-order valence-corrected chi connectivity index (χ2v) is 4.72. The lowest BCUT2D eigenvalue weighted by Crippen LogP contribution is -2.13. The Kier molecular flexibility index (Phi) is 3.90. The Morgan fingerprint density at radius 3 is 2.65 bits per heavy atom. The first-order valence-electron chi connectivity index (χ1n) is 4.70. The molecular weight excluding hydrogens is 352 g/mol. The number of nitrogens with one attached hydrogen (secondary N) is 1. The summed E-state index contributed by atoms with van der Waals surface area (Å²) in [6, 6.07) is 6.77. The van der Waals surface area contributed by atoms with Crippen molar-refractivity contribution in [1.29, 1.82) is 0 Å². The van der Waals surface area contributed by atoms with Gasteiger partial charge in [-0.1, -0.05) is 11.6 Å². The number of amides is 1. The lowest BCUT2D eigenvalue weighted by molar-refractivity contribution is 0.102. The van der Waals surface area contributed by atoms with E-state index in [0.717, 1.165) is 3.57 Å². The molecule has 0 radical (unpaired) electrons. The number of benzene rings is 1. The Balaban J connectivity index is 2.18. The van der Waals surface area contributed by atoms with Gasteiger partial charge >= 0.3 is 0 Å². The summed E-state index contributed by atoms with van der Waals surface area (Å²) in [5.74, 6) is -0.0123. The fourth-order valence-corrected chi connectivity index (χ4v) is 1.69. The predicted octanol–water partition coefficient (Wildman–Crippen LogP) is 2.99. The predicted molar refractivity (Wildman–Crippen MR) is 74.2 cm³/mol. The molecule has 0 aliphatic rings. The topological polar surface area (TPSA) is 54.9 Å². The van der Waals surface area contributed by atoms with Crippen LogP contribution < -0.4 is 5.32 Å². The molecular formula is C11H7ClIN3O. The van der Waals surface area contributed by atoms with Crippen LogP contribution in [-0.4, -0.2) is 15.9 Å². The van der Waals surface area contributed by atoms with Gasteiger partial charge in [0.05, 0.1) is 5.02 Å². The van der Waals surface area contributed by atoms with Crippen LogP contribution in [0.4, 0.5) is 5.95 Å². The van der Waals surface area contributed by atoms with Gasteiger partial charge in [0.2, 0.25) is 5.95 Å². The maximum atomic E-state index is 11.8. The van der Waals surface area contributed by atoms with E-state index in [9.17, 15) is 4.79 Å². The quantitative estimate of drug-likeness (QED) is 0.839. The van der Waals surface area contributed by atoms with Crippen LogP contribution in [0, 0.1) is 3.57 Å². The number of hydrogen-bond acceptors (Lipinski definition) is 3. The van der Waals surface area contributed by atoms with Crippen molar-refractivity contribution in [3.8, 4) is 0 Å². The molecule has 0 unspecified atom stereocenters. The van der Waals surface area contributed by atoms with Gasteiger partial charge in [-0.2, -0.15) is 0 Å². The van der Waals surface area contributed by atoms with E-state index in [1.54, 1.807) is 36.7 Å². The Labute approximate surface area is 117 Å². The van der Waals surface area contributed by atoms with E-state index in [1.807, 2.05) is 0 Å². The zero-order valence-corrected chi connectivity index (χ0v) is 11.4. The normalized spacial score (nSPS) is 10.0. The summed E-state index contributed by atoms with van der Waals surface area (Å²) in [5.41, 5.74) is 0.475. The van der Waals surface area contributed by atoms with E-state index in [4.69, 9.17) is 11.6 Å². The van der Waals surface area contributed by atoms with Gasteiger partial charge in [-0.15, -0.1) is 0 Å². The maximum absolute atomic E-state index is 11.8. The summed E-state index contributed by atoms with van der Waals surface area (Å²) in [6.45, 7) is 0. The standard InChI is InChI=1S/C11H7ClIN3O/c12-8-6-7(2-3-9(8)13)10(17)16-11-14-4-1-5-15-11/h1-6H,(H,14,15,16,17). The van der Waals surface area contributed by atoms with Gasteiger partial charge < -0.3 is 0 Å². The molecule has 86 valence electrons. The third-order valence-corrected chi connectivity index (χ3v) is 3.55. The highest BCUT2D eigenvalue weighted by atomic mass is 127. The van der Waals surface area contributed by atoms with Gasteiger partial charge in [0.15, 0.2) is 0 Å². The minimum absolute atomic E-state index is 0.271. The van der Waals surface area contributed by atoms with Gasteiger partial charge in [-0.3, -0.25) is 10.1 Å². The molecule has 4 nitrogen and oxygen atoms in total. The maximum Gasteiger partial charge on any atom is 0.258 e. The number of carbonyl (C=O) groups excluding carboxylic acids is 1. The summed E-state index contributed by atoms with van der Waals surface area (Å²) >= 11 is 8.04. The van der Waals surface area contributed by atoms with Crippen LogP contribution in [0.15, 0.2) is 36.7 Å². The van der Waals surface area contributed by atoms with Crippen LogP contribution in [0.25, 0.3) is 0 Å². The highest BCUT2D eigenvalue weighted by Crippen LogP contribution is 2.19. The third-order valence-electron chi connectivity index (χ3n) is 1.97. The molecule has 2 aromatic rings. The summed E-state index contributed by atoms with van der Waals surface area (Å²) in [7, 11) is 0. The van der Waals surface area contributed by atoms with Gasteiger partial charge in [0, 0.05) is 21.5 Å². The second kappa shape index (κ2) is 5.42. The molecule has 1 aromatic carbocycles. The van der Waals surface area contributed by atoms with Crippen LogP contribution in [0.2, 0.25) is 5.02 Å². The molecule has 1 heterocycles. The molecule has 0 fully saturated rings. The van der Waals surface area contributed by atoms with E-state index in [0.29, 0.717) is 10.6 Å². The Morgan fingerprint density at radius 1 is 1.29 bits per heavy atom. The summed E-state index contributed by atoms with van der Waals surface area (Å²) in [6.07, 6.45) is 3.12. The van der Waals surface area contributed by atoms with Crippen molar-refractivity contribution in [3.05, 3.63) is 50.8 Å². The fraction of sp³-hybridized carbons (Fsp3) is 0. The zero-order valence-electron chi connectivity index (χ0n) is 8.52. The Hall–Kier alpha value is -1.21. The summed E-state index contributed by atoms with van der Waals surface area (Å²) < 4.78 is 0.900. The van der Waals surface area contributed by atoms with E-state index < -0.39 is 0 Å². The number of carbonyl (C=O) groups is 1. The van der Waals surface area contributed by atoms with Crippen molar-refractivity contribution in [2.24, 2.45) is 0 Å². The van der Waals surface area contributed by atoms with Crippen molar-refractivity contribution in [1.82, 2.24) is 9.97 Å². The van der Waals surface area contributed by atoms with E-state index in [-0.39, 0.29) is 11.9 Å². The number of rotatable bonds is 2. The van der Waals surface area contributed by atoms with Crippen LogP contribution in [0.5, 0.6) is 0 Å². The van der Waals surface area contributed by atoms with Crippen LogP contribution in [0.3, 0.4) is 0 Å². The molecule has 0 saturated carbocycles. The molecule has 2 rings (SSSR count). The Morgan fingerprint density at radius 2 is 2.00 bits per heavy atom. The molecule has 1 aromatic heterocycles. The van der Waals surface area contributed by atoms with E-state index in [1.165, 1.54) is 0 Å². The highest BCUT2D eigenvalue weighted by molar-refractivity contribution is 14.1. The number of aromatic nitrogens is 2. The third kappa shape index (κ3) is 3.13. The molecule has 0 spiro atoms. The molecule has 0 bridgehead atoms. The smallest absolute Gasteiger partial charge is 0.258 e. The fourth-order valence-electron chi connectivity index (χ4n) is 1.17. The minimum atomic E-state index is -0.283. The van der Waals surface area contributed by atoms with Crippen LogP contribution >= 0.6 is 34.2 Å². The van der Waals surface area contributed by atoms with Crippen molar-refractivity contribution in [2.45, 2.75) is 0 Å². The molecule has 0 aliphatic heterocycles.